The van der Waals surface area contributed by atoms with Crippen LogP contribution in [-0.4, -0.2) is 35.8 Å². The van der Waals surface area contributed by atoms with E-state index in [4.69, 9.17) is 27.6 Å². The molecule has 2 aromatic rings. The minimum atomic E-state index is -0.376. The average molecular weight is 396 g/mol. The number of hydrogen-bond acceptors (Lipinski definition) is 4. The Kier molecular flexibility index (Phi) is 6.19. The summed E-state index contributed by atoms with van der Waals surface area (Å²) in [6.07, 6.45) is 3.10. The van der Waals surface area contributed by atoms with E-state index in [0.717, 1.165) is 6.42 Å². The van der Waals surface area contributed by atoms with E-state index in [9.17, 15) is 9.59 Å². The third-order valence-corrected chi connectivity index (χ3v) is 4.80. The number of nitrogens with one attached hydrogen (secondary N) is 2. The Bertz CT molecular complexity index is 780. The molecule has 0 spiro atoms. The van der Waals surface area contributed by atoms with Crippen LogP contribution >= 0.6 is 23.2 Å². The standard InChI is InChI=1S/C18H19Cl2N3O3/c19-12-5-6-14(20)15(9-12)22-18(25)16-4-1-7-23(16)11-17(24)21-10-13-3-2-8-26-13/h2-3,5-6,8-9,16H,1,4,7,10-11H2,(H,21,24)(H,22,25). The quantitative estimate of drug-likeness (QED) is 0.786. The van der Waals surface area contributed by atoms with Crippen molar-refractivity contribution in [2.45, 2.75) is 25.4 Å². The van der Waals surface area contributed by atoms with Gasteiger partial charge in [-0.25, -0.2) is 0 Å². The zero-order valence-electron chi connectivity index (χ0n) is 14.0. The van der Waals surface area contributed by atoms with Crippen molar-refractivity contribution < 1.29 is 14.0 Å². The van der Waals surface area contributed by atoms with E-state index in [1.54, 1.807) is 36.6 Å². The molecule has 1 saturated heterocycles. The van der Waals surface area contributed by atoms with Crippen molar-refractivity contribution in [1.29, 1.82) is 0 Å². The SMILES string of the molecule is O=C(CN1CCCC1C(=O)Nc1cc(Cl)ccc1Cl)NCc1ccco1. The Balaban J connectivity index is 1.56. The van der Waals surface area contributed by atoms with Gasteiger partial charge in [0.25, 0.3) is 0 Å². The van der Waals surface area contributed by atoms with Gasteiger partial charge in [0, 0.05) is 5.02 Å². The smallest absolute Gasteiger partial charge is 0.241 e. The van der Waals surface area contributed by atoms with Gasteiger partial charge in [-0.05, 0) is 49.7 Å². The zero-order chi connectivity index (χ0) is 18.5. The van der Waals surface area contributed by atoms with E-state index >= 15 is 0 Å². The number of carbonyl (C=O) groups is 2. The molecule has 2 heterocycles. The van der Waals surface area contributed by atoms with Crippen molar-refractivity contribution in [2.75, 3.05) is 18.4 Å². The van der Waals surface area contributed by atoms with Crippen LogP contribution in [0.3, 0.4) is 0 Å². The van der Waals surface area contributed by atoms with E-state index in [-0.39, 0.29) is 24.4 Å². The molecule has 1 aliphatic rings. The zero-order valence-corrected chi connectivity index (χ0v) is 15.5. The van der Waals surface area contributed by atoms with Crippen molar-refractivity contribution in [1.82, 2.24) is 10.2 Å². The summed E-state index contributed by atoms with van der Waals surface area (Å²) in [7, 11) is 0. The Morgan fingerprint density at radius 3 is 2.88 bits per heavy atom. The molecule has 1 unspecified atom stereocenters. The van der Waals surface area contributed by atoms with Crippen LogP contribution in [0.15, 0.2) is 41.0 Å². The van der Waals surface area contributed by atoms with Gasteiger partial charge in [0.1, 0.15) is 5.76 Å². The van der Waals surface area contributed by atoms with Crippen molar-refractivity contribution in [2.24, 2.45) is 0 Å². The molecule has 6 nitrogen and oxygen atoms in total. The molecular weight excluding hydrogens is 377 g/mol. The second-order valence-electron chi connectivity index (χ2n) is 6.10. The average Bonchev–Trinajstić information content (AvgIpc) is 3.28. The van der Waals surface area contributed by atoms with E-state index in [2.05, 4.69) is 10.6 Å². The van der Waals surface area contributed by atoms with Crippen LogP contribution in [0.2, 0.25) is 10.0 Å². The molecule has 0 aliphatic carbocycles. The van der Waals surface area contributed by atoms with Gasteiger partial charge in [-0.1, -0.05) is 23.2 Å². The minimum absolute atomic E-state index is 0.151. The molecule has 2 N–H and O–H groups in total. The molecule has 1 aromatic carbocycles. The summed E-state index contributed by atoms with van der Waals surface area (Å²) < 4.78 is 5.18. The van der Waals surface area contributed by atoms with E-state index in [0.29, 0.717) is 41.0 Å². The van der Waals surface area contributed by atoms with Gasteiger partial charge in [0.05, 0.1) is 36.1 Å². The van der Waals surface area contributed by atoms with Crippen LogP contribution in [0.5, 0.6) is 0 Å². The molecule has 0 saturated carbocycles. The number of anilines is 1. The molecule has 1 fully saturated rings. The third kappa shape index (κ3) is 4.78. The number of halogens is 2. The molecule has 26 heavy (non-hydrogen) atoms. The Morgan fingerprint density at radius 2 is 2.12 bits per heavy atom. The first-order valence-electron chi connectivity index (χ1n) is 8.32. The second-order valence-corrected chi connectivity index (χ2v) is 6.94. The fourth-order valence-corrected chi connectivity index (χ4v) is 3.30. The van der Waals surface area contributed by atoms with Crippen LogP contribution < -0.4 is 10.6 Å². The fraction of sp³-hybridized carbons (Fsp3) is 0.333. The van der Waals surface area contributed by atoms with E-state index in [1.165, 1.54) is 0 Å². The molecule has 1 aliphatic heterocycles. The van der Waals surface area contributed by atoms with Gasteiger partial charge in [0.2, 0.25) is 11.8 Å². The fourth-order valence-electron chi connectivity index (χ4n) is 2.96. The Labute approximate surface area is 161 Å². The lowest BCUT2D eigenvalue weighted by atomic mass is 10.2. The van der Waals surface area contributed by atoms with Crippen LogP contribution in [0, 0.1) is 0 Å². The highest BCUT2D eigenvalue weighted by atomic mass is 35.5. The highest BCUT2D eigenvalue weighted by Gasteiger charge is 2.32. The van der Waals surface area contributed by atoms with Crippen molar-refractivity contribution >= 4 is 40.7 Å². The normalized spacial score (nSPS) is 17.2. The predicted molar refractivity (Wildman–Crippen MR) is 100 cm³/mol. The highest BCUT2D eigenvalue weighted by Crippen LogP contribution is 2.27. The van der Waals surface area contributed by atoms with Gasteiger partial charge < -0.3 is 15.1 Å². The van der Waals surface area contributed by atoms with E-state index < -0.39 is 0 Å². The predicted octanol–water partition coefficient (Wildman–Crippen LogP) is 3.31. The molecule has 2 amide bonds. The molecule has 1 aromatic heterocycles. The monoisotopic (exact) mass is 395 g/mol. The van der Waals surface area contributed by atoms with Gasteiger partial charge in [-0.3, -0.25) is 14.5 Å². The summed E-state index contributed by atoms with van der Waals surface area (Å²) >= 11 is 12.1. The first-order valence-corrected chi connectivity index (χ1v) is 9.07. The number of benzene rings is 1. The summed E-state index contributed by atoms with van der Waals surface area (Å²) in [5.74, 6) is 0.344. The molecular formula is C18H19Cl2N3O3. The third-order valence-electron chi connectivity index (χ3n) is 4.24. The molecule has 0 bridgehead atoms. The number of rotatable bonds is 6. The molecule has 1 atom stereocenters. The first-order chi connectivity index (χ1) is 12.5. The maximum atomic E-state index is 12.6. The van der Waals surface area contributed by atoms with Crippen LogP contribution in [0.1, 0.15) is 18.6 Å². The topological polar surface area (TPSA) is 74.6 Å². The van der Waals surface area contributed by atoms with Crippen LogP contribution in [0.25, 0.3) is 0 Å². The summed E-state index contributed by atoms with van der Waals surface area (Å²) in [6, 6.07) is 8.08. The number of hydrogen-bond donors (Lipinski definition) is 2. The first kappa shape index (κ1) is 18.8. The van der Waals surface area contributed by atoms with Gasteiger partial charge in [-0.15, -0.1) is 0 Å². The van der Waals surface area contributed by atoms with Crippen LogP contribution in [-0.2, 0) is 16.1 Å². The largest absolute Gasteiger partial charge is 0.467 e. The van der Waals surface area contributed by atoms with E-state index in [1.807, 2.05) is 4.90 Å². The molecule has 8 heteroatoms. The maximum absolute atomic E-state index is 12.6. The molecule has 138 valence electrons. The summed E-state index contributed by atoms with van der Waals surface area (Å²) in [4.78, 5) is 26.6. The van der Waals surface area contributed by atoms with Gasteiger partial charge >= 0.3 is 0 Å². The number of carbonyl (C=O) groups excluding carboxylic acids is 2. The minimum Gasteiger partial charge on any atom is -0.467 e. The van der Waals surface area contributed by atoms with Crippen molar-refractivity contribution in [3.63, 3.8) is 0 Å². The Hall–Kier alpha value is -2.02. The molecule has 3 rings (SSSR count). The van der Waals surface area contributed by atoms with Crippen molar-refractivity contribution in [3.8, 4) is 0 Å². The lowest BCUT2D eigenvalue weighted by Gasteiger charge is -2.23. The summed E-state index contributed by atoms with van der Waals surface area (Å²) in [6.45, 7) is 1.17. The Morgan fingerprint density at radius 1 is 1.27 bits per heavy atom. The van der Waals surface area contributed by atoms with Crippen molar-refractivity contribution in [3.05, 3.63) is 52.4 Å². The van der Waals surface area contributed by atoms with Gasteiger partial charge in [-0.2, -0.15) is 0 Å². The maximum Gasteiger partial charge on any atom is 0.241 e. The number of furan rings is 1. The van der Waals surface area contributed by atoms with Crippen LogP contribution in [0.4, 0.5) is 5.69 Å². The lowest BCUT2D eigenvalue weighted by Crippen LogP contribution is -2.44. The lowest BCUT2D eigenvalue weighted by molar-refractivity contribution is -0.125. The second kappa shape index (κ2) is 8.58. The summed E-state index contributed by atoms with van der Waals surface area (Å²) in [5.41, 5.74) is 0.471. The molecule has 0 radical (unpaired) electrons. The number of likely N-dealkylation sites (tertiary alicyclic amines) is 1. The highest BCUT2D eigenvalue weighted by molar-refractivity contribution is 6.35. The van der Waals surface area contributed by atoms with Gasteiger partial charge in [0.15, 0.2) is 0 Å². The number of amides is 2. The number of nitrogens with zero attached hydrogens (tertiary/aromatic N) is 1. The summed E-state index contributed by atoms with van der Waals surface area (Å²) in [5, 5.41) is 6.51.